The number of benzene rings is 1. The van der Waals surface area contributed by atoms with Crippen LogP contribution in [0.15, 0.2) is 35.6 Å². The van der Waals surface area contributed by atoms with E-state index in [1.165, 1.54) is 19.3 Å². The molecule has 1 saturated carbocycles. The van der Waals surface area contributed by atoms with Crippen LogP contribution in [0.4, 0.5) is 0 Å². The lowest BCUT2D eigenvalue weighted by atomic mass is 9.94. The number of amides is 1. The van der Waals surface area contributed by atoms with Crippen molar-refractivity contribution >= 4 is 5.91 Å². The molecule has 0 aliphatic heterocycles. The van der Waals surface area contributed by atoms with E-state index in [4.69, 9.17) is 9.47 Å². The van der Waals surface area contributed by atoms with Crippen LogP contribution in [0.3, 0.4) is 0 Å². The predicted octanol–water partition coefficient (Wildman–Crippen LogP) is 3.13. The van der Waals surface area contributed by atoms with E-state index in [0.717, 1.165) is 12.8 Å². The smallest absolute Gasteiger partial charge is 0.273 e. The van der Waals surface area contributed by atoms with Crippen molar-refractivity contribution in [1.29, 1.82) is 0 Å². The van der Waals surface area contributed by atoms with Crippen LogP contribution in [0.2, 0.25) is 0 Å². The fourth-order valence-electron chi connectivity index (χ4n) is 3.81. The average molecular weight is 427 g/mol. The number of aryl methyl sites for hydroxylation is 1. The summed E-state index contributed by atoms with van der Waals surface area (Å²) in [5, 5.41) is 8.22. The second-order valence-electron chi connectivity index (χ2n) is 7.71. The summed E-state index contributed by atoms with van der Waals surface area (Å²) in [6, 6.07) is 5.54. The molecule has 8 nitrogen and oxygen atoms in total. The highest BCUT2D eigenvalue weighted by molar-refractivity contribution is 5.76. The number of methoxy groups -OCH3 is 1. The number of aromatic amines is 1. The number of carbonyl (C=O) groups excluding carboxylic acids is 1. The Hall–Kier alpha value is -3.16. The van der Waals surface area contributed by atoms with E-state index in [9.17, 15) is 9.59 Å². The second kappa shape index (κ2) is 10.7. The molecule has 1 aliphatic rings. The quantitative estimate of drug-likeness (QED) is 0.619. The van der Waals surface area contributed by atoms with E-state index >= 15 is 0 Å². The van der Waals surface area contributed by atoms with Crippen molar-refractivity contribution in [3.05, 3.63) is 46.9 Å². The van der Waals surface area contributed by atoms with Crippen molar-refractivity contribution in [2.75, 3.05) is 20.8 Å². The third kappa shape index (κ3) is 5.71. The van der Waals surface area contributed by atoms with Crippen LogP contribution in [0, 0.1) is 0 Å². The number of nitrogens with zero attached hydrogens (tertiary/aromatic N) is 3. The first-order valence-corrected chi connectivity index (χ1v) is 10.7. The molecule has 1 aromatic carbocycles. The van der Waals surface area contributed by atoms with Gasteiger partial charge in [0.1, 0.15) is 12.3 Å². The Morgan fingerprint density at radius 2 is 2.03 bits per heavy atom. The van der Waals surface area contributed by atoms with Gasteiger partial charge in [0.15, 0.2) is 17.3 Å². The number of ether oxygens (including phenoxy) is 2. The molecule has 0 unspecified atom stereocenters. The molecule has 1 aromatic heterocycles. The topological polar surface area (TPSA) is 97.4 Å². The Kier molecular flexibility index (Phi) is 7.81. The van der Waals surface area contributed by atoms with Gasteiger partial charge in [-0.2, -0.15) is 0 Å². The standard InChI is InChI=1S/C23H30N4O4/c1-4-14-31-19-12-10-16(15-20(19)30-3)22-24-23(29)18(25-26-22)11-13-21(28)27(2)17-8-6-5-7-9-17/h4,10,12,15,17H,1,5-9,11,13-14H2,2-3H3,(H,24,26,29). The van der Waals surface area contributed by atoms with Gasteiger partial charge < -0.3 is 19.4 Å². The summed E-state index contributed by atoms with van der Waals surface area (Å²) in [5.41, 5.74) is 0.558. The number of carbonyl (C=O) groups is 1. The molecule has 1 aliphatic carbocycles. The van der Waals surface area contributed by atoms with Crippen LogP contribution >= 0.6 is 0 Å². The fourth-order valence-corrected chi connectivity index (χ4v) is 3.81. The Morgan fingerprint density at radius 3 is 2.71 bits per heavy atom. The molecule has 0 radical (unpaired) electrons. The minimum Gasteiger partial charge on any atom is -0.493 e. The van der Waals surface area contributed by atoms with Gasteiger partial charge in [0.25, 0.3) is 5.56 Å². The lowest BCUT2D eigenvalue weighted by Gasteiger charge is -2.31. The Balaban J connectivity index is 1.66. The molecule has 2 aromatic rings. The highest BCUT2D eigenvalue weighted by atomic mass is 16.5. The van der Waals surface area contributed by atoms with E-state index in [1.807, 2.05) is 11.9 Å². The summed E-state index contributed by atoms with van der Waals surface area (Å²) < 4.78 is 10.9. The van der Waals surface area contributed by atoms with Crippen molar-refractivity contribution in [1.82, 2.24) is 20.1 Å². The lowest BCUT2D eigenvalue weighted by molar-refractivity contribution is -0.132. The number of nitrogens with one attached hydrogen (secondary N) is 1. The number of H-pyrrole nitrogens is 1. The van der Waals surface area contributed by atoms with E-state index in [2.05, 4.69) is 21.8 Å². The third-order valence-electron chi connectivity index (χ3n) is 5.65. The summed E-state index contributed by atoms with van der Waals surface area (Å²) in [7, 11) is 3.39. The van der Waals surface area contributed by atoms with Gasteiger partial charge in [0.05, 0.1) is 7.11 Å². The molecule has 0 atom stereocenters. The molecule has 1 N–H and O–H groups in total. The van der Waals surface area contributed by atoms with Crippen LogP contribution < -0.4 is 15.0 Å². The summed E-state index contributed by atoms with van der Waals surface area (Å²) >= 11 is 0. The number of aromatic nitrogens is 3. The molecule has 8 heteroatoms. The van der Waals surface area contributed by atoms with Crippen molar-refractivity contribution in [2.24, 2.45) is 0 Å². The molecule has 0 spiro atoms. The maximum atomic E-state index is 12.5. The lowest BCUT2D eigenvalue weighted by Crippen LogP contribution is -2.38. The van der Waals surface area contributed by atoms with Crippen molar-refractivity contribution in [3.8, 4) is 22.9 Å². The zero-order valence-electron chi connectivity index (χ0n) is 18.2. The summed E-state index contributed by atoms with van der Waals surface area (Å²) in [6.45, 7) is 3.98. The minimum atomic E-state index is -0.343. The van der Waals surface area contributed by atoms with Gasteiger partial charge in [0, 0.05) is 31.5 Å². The normalized spacial score (nSPS) is 14.1. The predicted molar refractivity (Wildman–Crippen MR) is 118 cm³/mol. The van der Waals surface area contributed by atoms with E-state index in [-0.39, 0.29) is 30.0 Å². The Bertz CT molecular complexity index is 966. The first kappa shape index (κ1) is 22.5. The number of hydrogen-bond donors (Lipinski definition) is 1. The largest absolute Gasteiger partial charge is 0.493 e. The zero-order valence-corrected chi connectivity index (χ0v) is 18.2. The molecule has 166 valence electrons. The van der Waals surface area contributed by atoms with Gasteiger partial charge in [-0.05, 0) is 31.0 Å². The highest BCUT2D eigenvalue weighted by Gasteiger charge is 2.22. The minimum absolute atomic E-state index is 0.0389. The maximum Gasteiger partial charge on any atom is 0.273 e. The van der Waals surface area contributed by atoms with Crippen molar-refractivity contribution in [2.45, 2.75) is 51.0 Å². The monoisotopic (exact) mass is 426 g/mol. The molecule has 31 heavy (non-hydrogen) atoms. The third-order valence-corrected chi connectivity index (χ3v) is 5.65. The number of hydrogen-bond acceptors (Lipinski definition) is 6. The average Bonchev–Trinajstić information content (AvgIpc) is 2.81. The Labute approximate surface area is 182 Å². The van der Waals surface area contributed by atoms with Gasteiger partial charge in [-0.15, -0.1) is 10.2 Å². The van der Waals surface area contributed by atoms with Gasteiger partial charge in [0.2, 0.25) is 5.91 Å². The highest BCUT2D eigenvalue weighted by Crippen LogP contribution is 2.31. The van der Waals surface area contributed by atoms with Crippen LogP contribution in [0.5, 0.6) is 11.5 Å². The molecule has 0 bridgehead atoms. The molecule has 3 rings (SSSR count). The first-order chi connectivity index (χ1) is 15.0. The van der Waals surface area contributed by atoms with E-state index in [0.29, 0.717) is 35.5 Å². The molecule has 1 amide bonds. The molecular weight excluding hydrogens is 396 g/mol. The van der Waals surface area contributed by atoms with E-state index < -0.39 is 0 Å². The summed E-state index contributed by atoms with van der Waals surface area (Å²) in [5.74, 6) is 1.45. The van der Waals surface area contributed by atoms with Gasteiger partial charge in [-0.1, -0.05) is 31.9 Å². The van der Waals surface area contributed by atoms with Gasteiger partial charge in [-0.3, -0.25) is 9.59 Å². The second-order valence-corrected chi connectivity index (χ2v) is 7.71. The SMILES string of the molecule is C=CCOc1ccc(-c2nnc(CCC(=O)N(C)C3CCCCC3)c(=O)[nH]2)cc1OC. The van der Waals surface area contributed by atoms with Crippen molar-refractivity contribution in [3.63, 3.8) is 0 Å². The number of rotatable bonds is 9. The summed E-state index contributed by atoms with van der Waals surface area (Å²) in [6.07, 6.45) is 7.83. The van der Waals surface area contributed by atoms with Crippen LogP contribution in [0.25, 0.3) is 11.4 Å². The van der Waals surface area contributed by atoms with E-state index in [1.54, 1.807) is 31.4 Å². The van der Waals surface area contributed by atoms with Gasteiger partial charge in [-0.25, -0.2) is 0 Å². The van der Waals surface area contributed by atoms with Crippen molar-refractivity contribution < 1.29 is 14.3 Å². The molecule has 0 saturated heterocycles. The maximum absolute atomic E-state index is 12.5. The van der Waals surface area contributed by atoms with Crippen LogP contribution in [-0.2, 0) is 11.2 Å². The first-order valence-electron chi connectivity index (χ1n) is 10.7. The van der Waals surface area contributed by atoms with Crippen LogP contribution in [-0.4, -0.2) is 52.8 Å². The zero-order chi connectivity index (χ0) is 22.2. The molecular formula is C23H30N4O4. The molecule has 1 heterocycles. The Morgan fingerprint density at radius 1 is 1.26 bits per heavy atom. The fraction of sp³-hybridized carbons (Fsp3) is 0.478. The van der Waals surface area contributed by atoms with Crippen LogP contribution in [0.1, 0.15) is 44.2 Å². The molecule has 1 fully saturated rings. The van der Waals surface area contributed by atoms with Gasteiger partial charge >= 0.3 is 0 Å². The summed E-state index contributed by atoms with van der Waals surface area (Å²) in [4.78, 5) is 29.6.